The number of carbonyl (C=O) groups excluding carboxylic acids is 1. The summed E-state index contributed by atoms with van der Waals surface area (Å²) in [4.78, 5) is 13.8. The zero-order chi connectivity index (χ0) is 15.8. The van der Waals surface area contributed by atoms with E-state index in [1.807, 2.05) is 24.9 Å². The van der Waals surface area contributed by atoms with Gasteiger partial charge in [-0.25, -0.2) is 8.78 Å². The number of nitriles is 1. The first-order valence-corrected chi connectivity index (χ1v) is 6.80. The maximum atomic E-state index is 13.6. The van der Waals surface area contributed by atoms with Crippen LogP contribution in [0.4, 0.5) is 8.78 Å². The van der Waals surface area contributed by atoms with Crippen LogP contribution in [-0.2, 0) is 4.79 Å². The summed E-state index contributed by atoms with van der Waals surface area (Å²) in [5.41, 5.74) is -0.0332. The molecule has 1 amide bonds. The summed E-state index contributed by atoms with van der Waals surface area (Å²) in [6.07, 6.45) is 1.21. The molecule has 0 aromatic heterocycles. The summed E-state index contributed by atoms with van der Waals surface area (Å²) >= 11 is 0. The van der Waals surface area contributed by atoms with E-state index in [-0.39, 0.29) is 17.9 Å². The van der Waals surface area contributed by atoms with Gasteiger partial charge in [-0.2, -0.15) is 5.26 Å². The average molecular weight is 295 g/mol. The van der Waals surface area contributed by atoms with Gasteiger partial charge in [0.15, 0.2) is 0 Å². The standard InChI is InChI=1S/C15H19F2N3O/c1-3-7-20(2)8-6-15(21)19-14(10-18)12-5-4-11(16)9-13(12)17/h4-5,9,14H,3,6-8H2,1-2H3,(H,19,21). The number of hydrogen-bond donors (Lipinski definition) is 1. The molecule has 21 heavy (non-hydrogen) atoms. The zero-order valence-electron chi connectivity index (χ0n) is 12.2. The number of rotatable bonds is 7. The van der Waals surface area contributed by atoms with Gasteiger partial charge < -0.3 is 10.2 Å². The Hall–Kier alpha value is -2.00. The monoisotopic (exact) mass is 295 g/mol. The molecular weight excluding hydrogens is 276 g/mol. The first kappa shape index (κ1) is 17.1. The second-order valence-electron chi connectivity index (χ2n) is 4.85. The van der Waals surface area contributed by atoms with Crippen molar-refractivity contribution in [3.8, 4) is 6.07 Å². The molecule has 0 aliphatic heterocycles. The highest BCUT2D eigenvalue weighted by atomic mass is 19.1. The van der Waals surface area contributed by atoms with Gasteiger partial charge in [-0.1, -0.05) is 13.0 Å². The van der Waals surface area contributed by atoms with E-state index in [2.05, 4.69) is 5.32 Å². The number of carbonyl (C=O) groups is 1. The summed E-state index contributed by atoms with van der Waals surface area (Å²) in [5, 5.41) is 11.5. The summed E-state index contributed by atoms with van der Waals surface area (Å²) in [5.74, 6) is -1.90. The molecule has 114 valence electrons. The van der Waals surface area contributed by atoms with E-state index < -0.39 is 17.7 Å². The van der Waals surface area contributed by atoms with Crippen LogP contribution >= 0.6 is 0 Å². The second kappa shape index (κ2) is 8.32. The molecule has 0 bridgehead atoms. The van der Waals surface area contributed by atoms with Crippen molar-refractivity contribution >= 4 is 5.91 Å². The van der Waals surface area contributed by atoms with Crippen molar-refractivity contribution in [3.63, 3.8) is 0 Å². The minimum atomic E-state index is -1.12. The third-order valence-corrected chi connectivity index (χ3v) is 3.03. The van der Waals surface area contributed by atoms with E-state index >= 15 is 0 Å². The minimum absolute atomic E-state index is 0.0332. The molecule has 0 spiro atoms. The third-order valence-electron chi connectivity index (χ3n) is 3.03. The number of nitrogens with one attached hydrogen (secondary N) is 1. The van der Waals surface area contributed by atoms with Crippen LogP contribution in [0.5, 0.6) is 0 Å². The molecule has 0 aliphatic carbocycles. The van der Waals surface area contributed by atoms with Gasteiger partial charge in [0.25, 0.3) is 0 Å². The fourth-order valence-electron chi connectivity index (χ4n) is 1.93. The molecule has 0 saturated carbocycles. The fraction of sp³-hybridized carbons (Fsp3) is 0.467. The lowest BCUT2D eigenvalue weighted by atomic mass is 10.1. The lowest BCUT2D eigenvalue weighted by molar-refractivity contribution is -0.121. The Labute approximate surface area is 123 Å². The Bertz CT molecular complexity index is 528. The molecule has 6 heteroatoms. The molecule has 1 unspecified atom stereocenters. The first-order valence-electron chi connectivity index (χ1n) is 6.80. The highest BCUT2D eigenvalue weighted by Crippen LogP contribution is 2.17. The summed E-state index contributed by atoms with van der Waals surface area (Å²) < 4.78 is 26.4. The van der Waals surface area contributed by atoms with Crippen LogP contribution in [0.2, 0.25) is 0 Å². The Morgan fingerprint density at radius 1 is 1.43 bits per heavy atom. The Kier molecular flexibility index (Phi) is 6.76. The van der Waals surface area contributed by atoms with Crippen LogP contribution in [0.25, 0.3) is 0 Å². The van der Waals surface area contributed by atoms with Crippen molar-refractivity contribution in [2.24, 2.45) is 0 Å². The molecule has 4 nitrogen and oxygen atoms in total. The SMILES string of the molecule is CCCN(C)CCC(=O)NC(C#N)c1ccc(F)cc1F. The van der Waals surface area contributed by atoms with Crippen LogP contribution in [0.3, 0.4) is 0 Å². The molecule has 0 saturated heterocycles. The predicted octanol–water partition coefficient (Wildman–Crippen LogP) is 2.38. The van der Waals surface area contributed by atoms with Crippen molar-refractivity contribution in [1.82, 2.24) is 10.2 Å². The van der Waals surface area contributed by atoms with Crippen LogP contribution in [0.1, 0.15) is 31.4 Å². The Morgan fingerprint density at radius 3 is 2.71 bits per heavy atom. The van der Waals surface area contributed by atoms with Gasteiger partial charge in [-0.05, 0) is 26.1 Å². The largest absolute Gasteiger partial charge is 0.337 e. The Balaban J connectivity index is 2.62. The normalized spacial score (nSPS) is 12.0. The molecule has 0 aliphatic rings. The quantitative estimate of drug-likeness (QED) is 0.840. The van der Waals surface area contributed by atoms with Crippen LogP contribution < -0.4 is 5.32 Å². The van der Waals surface area contributed by atoms with Crippen molar-refractivity contribution in [2.45, 2.75) is 25.8 Å². The van der Waals surface area contributed by atoms with Crippen LogP contribution in [-0.4, -0.2) is 30.9 Å². The number of hydrogen-bond acceptors (Lipinski definition) is 3. The zero-order valence-corrected chi connectivity index (χ0v) is 12.2. The average Bonchev–Trinajstić information content (AvgIpc) is 2.43. The second-order valence-corrected chi connectivity index (χ2v) is 4.85. The molecule has 0 heterocycles. The van der Waals surface area contributed by atoms with Gasteiger partial charge in [0.2, 0.25) is 5.91 Å². The van der Waals surface area contributed by atoms with Gasteiger partial charge >= 0.3 is 0 Å². The van der Waals surface area contributed by atoms with Gasteiger partial charge in [0, 0.05) is 24.6 Å². The van der Waals surface area contributed by atoms with E-state index in [0.717, 1.165) is 19.0 Å². The lowest BCUT2D eigenvalue weighted by Gasteiger charge is -2.16. The smallest absolute Gasteiger partial charge is 0.222 e. The van der Waals surface area contributed by atoms with E-state index in [9.17, 15) is 13.6 Å². The fourth-order valence-corrected chi connectivity index (χ4v) is 1.93. The number of nitrogens with zero attached hydrogens (tertiary/aromatic N) is 2. The topological polar surface area (TPSA) is 56.1 Å². The van der Waals surface area contributed by atoms with Crippen molar-refractivity contribution in [3.05, 3.63) is 35.4 Å². The maximum absolute atomic E-state index is 13.6. The first-order chi connectivity index (χ1) is 9.97. The van der Waals surface area contributed by atoms with E-state index in [1.165, 1.54) is 6.07 Å². The summed E-state index contributed by atoms with van der Waals surface area (Å²) in [6.45, 7) is 3.48. The van der Waals surface area contributed by atoms with E-state index in [1.54, 1.807) is 0 Å². The minimum Gasteiger partial charge on any atom is -0.337 e. The van der Waals surface area contributed by atoms with Crippen molar-refractivity contribution in [2.75, 3.05) is 20.1 Å². The van der Waals surface area contributed by atoms with E-state index in [4.69, 9.17) is 5.26 Å². The molecule has 0 fully saturated rings. The molecule has 1 aromatic carbocycles. The third kappa shape index (κ3) is 5.48. The molecule has 1 atom stereocenters. The van der Waals surface area contributed by atoms with Gasteiger partial charge in [-0.15, -0.1) is 0 Å². The molecule has 1 N–H and O–H groups in total. The van der Waals surface area contributed by atoms with Gasteiger partial charge in [-0.3, -0.25) is 4.79 Å². The Morgan fingerprint density at radius 2 is 2.14 bits per heavy atom. The molecule has 1 rings (SSSR count). The number of halogens is 2. The summed E-state index contributed by atoms with van der Waals surface area (Å²) in [6, 6.07) is 3.62. The van der Waals surface area contributed by atoms with Crippen molar-refractivity contribution < 1.29 is 13.6 Å². The molecule has 0 radical (unpaired) electrons. The predicted molar refractivity (Wildman–Crippen MR) is 75.3 cm³/mol. The van der Waals surface area contributed by atoms with Gasteiger partial charge in [0.05, 0.1) is 6.07 Å². The molecular formula is C15H19F2N3O. The summed E-state index contributed by atoms with van der Waals surface area (Å²) in [7, 11) is 1.90. The number of benzene rings is 1. The lowest BCUT2D eigenvalue weighted by Crippen LogP contribution is -2.31. The van der Waals surface area contributed by atoms with Gasteiger partial charge in [0.1, 0.15) is 17.7 Å². The van der Waals surface area contributed by atoms with Crippen molar-refractivity contribution in [1.29, 1.82) is 5.26 Å². The number of amides is 1. The maximum Gasteiger partial charge on any atom is 0.222 e. The van der Waals surface area contributed by atoms with Crippen LogP contribution in [0.15, 0.2) is 18.2 Å². The highest BCUT2D eigenvalue weighted by Gasteiger charge is 2.18. The van der Waals surface area contributed by atoms with Crippen LogP contribution in [0, 0.1) is 23.0 Å². The highest BCUT2D eigenvalue weighted by molar-refractivity contribution is 5.77. The molecule has 1 aromatic rings. The van der Waals surface area contributed by atoms with E-state index in [0.29, 0.717) is 12.6 Å².